The number of halogens is 2. The maximum absolute atomic E-state index is 11.8. The lowest BCUT2D eigenvalue weighted by atomic mass is 10.2. The number of ether oxygens (including phenoxy) is 1. The first-order chi connectivity index (χ1) is 10.1. The SMILES string of the molecule is COc1ccc(/C=C/C(=O)Nc2cc(Cl)ccc2Cl)cc1. The Morgan fingerprint density at radius 2 is 1.86 bits per heavy atom. The molecule has 0 radical (unpaired) electrons. The van der Waals surface area contributed by atoms with Crippen molar-refractivity contribution >= 4 is 40.9 Å². The van der Waals surface area contributed by atoms with Crippen molar-refractivity contribution in [3.05, 3.63) is 64.1 Å². The fourth-order valence-electron chi connectivity index (χ4n) is 1.65. The van der Waals surface area contributed by atoms with E-state index in [-0.39, 0.29) is 5.91 Å². The summed E-state index contributed by atoms with van der Waals surface area (Å²) >= 11 is 11.8. The minimum atomic E-state index is -0.282. The number of hydrogen-bond donors (Lipinski definition) is 1. The molecule has 108 valence electrons. The molecule has 5 heteroatoms. The Morgan fingerprint density at radius 1 is 1.14 bits per heavy atom. The maximum atomic E-state index is 11.8. The van der Waals surface area contributed by atoms with E-state index in [2.05, 4.69) is 5.32 Å². The summed E-state index contributed by atoms with van der Waals surface area (Å²) in [6, 6.07) is 12.3. The summed E-state index contributed by atoms with van der Waals surface area (Å²) in [5.74, 6) is 0.484. The summed E-state index contributed by atoms with van der Waals surface area (Å²) in [4.78, 5) is 11.8. The number of rotatable bonds is 4. The second kappa shape index (κ2) is 7.16. The van der Waals surface area contributed by atoms with Gasteiger partial charge in [-0.05, 0) is 42.0 Å². The summed E-state index contributed by atoms with van der Waals surface area (Å²) in [5.41, 5.74) is 1.37. The zero-order chi connectivity index (χ0) is 15.2. The predicted molar refractivity (Wildman–Crippen MR) is 87.1 cm³/mol. The van der Waals surface area contributed by atoms with Crippen LogP contribution in [-0.4, -0.2) is 13.0 Å². The molecule has 2 aromatic rings. The topological polar surface area (TPSA) is 38.3 Å². The molecule has 3 nitrogen and oxygen atoms in total. The number of anilines is 1. The minimum Gasteiger partial charge on any atom is -0.497 e. The molecule has 1 N–H and O–H groups in total. The lowest BCUT2D eigenvalue weighted by molar-refractivity contribution is -0.111. The van der Waals surface area contributed by atoms with E-state index in [1.54, 1.807) is 31.4 Å². The summed E-state index contributed by atoms with van der Waals surface area (Å²) in [6.07, 6.45) is 3.13. The van der Waals surface area contributed by atoms with Crippen LogP contribution in [0.25, 0.3) is 6.08 Å². The Morgan fingerprint density at radius 3 is 2.52 bits per heavy atom. The van der Waals surface area contributed by atoms with Crippen LogP contribution >= 0.6 is 23.2 Å². The smallest absolute Gasteiger partial charge is 0.248 e. The number of carbonyl (C=O) groups excluding carboxylic acids is 1. The molecule has 0 aliphatic carbocycles. The molecule has 0 aliphatic rings. The highest BCUT2D eigenvalue weighted by Gasteiger charge is 2.04. The number of amides is 1. The monoisotopic (exact) mass is 321 g/mol. The van der Waals surface area contributed by atoms with Crippen molar-refractivity contribution in [3.63, 3.8) is 0 Å². The van der Waals surface area contributed by atoms with E-state index in [1.807, 2.05) is 24.3 Å². The number of nitrogens with one attached hydrogen (secondary N) is 1. The largest absolute Gasteiger partial charge is 0.497 e. The fourth-order valence-corrected chi connectivity index (χ4v) is 1.99. The quantitative estimate of drug-likeness (QED) is 0.832. The third-order valence-corrected chi connectivity index (χ3v) is 3.29. The third-order valence-electron chi connectivity index (χ3n) is 2.73. The molecule has 0 atom stereocenters. The molecule has 0 unspecified atom stereocenters. The van der Waals surface area contributed by atoms with Crippen LogP contribution in [0.15, 0.2) is 48.5 Å². The molecule has 0 heterocycles. The number of methoxy groups -OCH3 is 1. The summed E-state index contributed by atoms with van der Waals surface area (Å²) < 4.78 is 5.07. The predicted octanol–water partition coefficient (Wildman–Crippen LogP) is 4.65. The van der Waals surface area contributed by atoms with Crippen LogP contribution < -0.4 is 10.1 Å². The van der Waals surface area contributed by atoms with E-state index in [0.717, 1.165) is 11.3 Å². The number of hydrogen-bond acceptors (Lipinski definition) is 2. The van der Waals surface area contributed by atoms with Crippen LogP contribution in [0.2, 0.25) is 10.0 Å². The highest BCUT2D eigenvalue weighted by Crippen LogP contribution is 2.25. The van der Waals surface area contributed by atoms with Gasteiger partial charge in [-0.15, -0.1) is 0 Å². The van der Waals surface area contributed by atoms with Gasteiger partial charge >= 0.3 is 0 Å². The highest BCUT2D eigenvalue weighted by molar-refractivity contribution is 6.35. The van der Waals surface area contributed by atoms with Gasteiger partial charge in [-0.25, -0.2) is 0 Å². The van der Waals surface area contributed by atoms with Crippen LogP contribution in [0.4, 0.5) is 5.69 Å². The second-order valence-corrected chi connectivity index (χ2v) is 5.06. The van der Waals surface area contributed by atoms with E-state index in [9.17, 15) is 4.79 Å². The van der Waals surface area contributed by atoms with Gasteiger partial charge in [-0.1, -0.05) is 35.3 Å². The van der Waals surface area contributed by atoms with Crippen molar-refractivity contribution < 1.29 is 9.53 Å². The number of carbonyl (C=O) groups is 1. The molecule has 0 aliphatic heterocycles. The zero-order valence-corrected chi connectivity index (χ0v) is 12.8. The Labute approximate surface area is 133 Å². The molecular formula is C16H13Cl2NO2. The van der Waals surface area contributed by atoms with Crippen molar-refractivity contribution in [3.8, 4) is 5.75 Å². The van der Waals surface area contributed by atoms with Gasteiger partial charge in [0.25, 0.3) is 0 Å². The van der Waals surface area contributed by atoms with Gasteiger partial charge in [-0.3, -0.25) is 4.79 Å². The number of benzene rings is 2. The third kappa shape index (κ3) is 4.52. The van der Waals surface area contributed by atoms with Crippen molar-refractivity contribution in [1.29, 1.82) is 0 Å². The summed E-state index contributed by atoms with van der Waals surface area (Å²) in [7, 11) is 1.60. The van der Waals surface area contributed by atoms with E-state index in [1.165, 1.54) is 6.08 Å². The first-order valence-corrected chi connectivity index (χ1v) is 6.92. The van der Waals surface area contributed by atoms with Gasteiger partial charge in [0.15, 0.2) is 0 Å². The average Bonchev–Trinajstić information content (AvgIpc) is 2.49. The Balaban J connectivity index is 2.03. The van der Waals surface area contributed by atoms with Crippen LogP contribution in [0.5, 0.6) is 5.75 Å². The molecular weight excluding hydrogens is 309 g/mol. The molecule has 0 bridgehead atoms. The van der Waals surface area contributed by atoms with Crippen LogP contribution in [0, 0.1) is 0 Å². The van der Waals surface area contributed by atoms with E-state index in [4.69, 9.17) is 27.9 Å². The molecule has 0 saturated heterocycles. The van der Waals surface area contributed by atoms with Gasteiger partial charge < -0.3 is 10.1 Å². The molecule has 1 amide bonds. The van der Waals surface area contributed by atoms with Crippen molar-refractivity contribution in [2.45, 2.75) is 0 Å². The lowest BCUT2D eigenvalue weighted by Crippen LogP contribution is -2.08. The molecule has 0 aromatic heterocycles. The van der Waals surface area contributed by atoms with Crippen molar-refractivity contribution in [1.82, 2.24) is 0 Å². The first-order valence-electron chi connectivity index (χ1n) is 6.16. The zero-order valence-electron chi connectivity index (χ0n) is 11.3. The standard InChI is InChI=1S/C16H13Cl2NO2/c1-21-13-6-2-11(3-7-13)4-9-16(20)19-15-10-12(17)5-8-14(15)18/h2-10H,1H3,(H,19,20)/b9-4+. The van der Waals surface area contributed by atoms with Crippen LogP contribution in [0.1, 0.15) is 5.56 Å². The molecule has 21 heavy (non-hydrogen) atoms. The maximum Gasteiger partial charge on any atom is 0.248 e. The summed E-state index contributed by atoms with van der Waals surface area (Å²) in [6.45, 7) is 0. The van der Waals surface area contributed by atoms with Gasteiger partial charge in [0.1, 0.15) is 5.75 Å². The lowest BCUT2D eigenvalue weighted by Gasteiger charge is -2.05. The Hall–Kier alpha value is -1.97. The van der Waals surface area contributed by atoms with Gasteiger partial charge in [-0.2, -0.15) is 0 Å². The van der Waals surface area contributed by atoms with Gasteiger partial charge in [0.05, 0.1) is 17.8 Å². The highest BCUT2D eigenvalue weighted by atomic mass is 35.5. The van der Waals surface area contributed by atoms with Crippen molar-refractivity contribution in [2.75, 3.05) is 12.4 Å². The summed E-state index contributed by atoms with van der Waals surface area (Å²) in [5, 5.41) is 3.62. The van der Waals surface area contributed by atoms with Crippen LogP contribution in [-0.2, 0) is 4.79 Å². The van der Waals surface area contributed by atoms with Gasteiger partial charge in [0, 0.05) is 11.1 Å². The fraction of sp³-hybridized carbons (Fsp3) is 0.0625. The molecule has 0 spiro atoms. The molecule has 2 rings (SSSR count). The Bertz CT molecular complexity index is 666. The van der Waals surface area contributed by atoms with E-state index < -0.39 is 0 Å². The first kappa shape index (κ1) is 15.4. The van der Waals surface area contributed by atoms with E-state index in [0.29, 0.717) is 15.7 Å². The average molecular weight is 322 g/mol. The van der Waals surface area contributed by atoms with Crippen LogP contribution in [0.3, 0.4) is 0 Å². The molecule has 2 aromatic carbocycles. The van der Waals surface area contributed by atoms with E-state index >= 15 is 0 Å². The second-order valence-electron chi connectivity index (χ2n) is 4.22. The molecule has 0 fully saturated rings. The van der Waals surface area contributed by atoms with Gasteiger partial charge in [0.2, 0.25) is 5.91 Å². The minimum absolute atomic E-state index is 0.282. The normalized spacial score (nSPS) is 10.6. The van der Waals surface area contributed by atoms with Crippen molar-refractivity contribution in [2.24, 2.45) is 0 Å². The Kier molecular flexibility index (Phi) is 5.26. The molecule has 0 saturated carbocycles.